The molecule has 1 aromatic rings. The molecule has 1 amide bonds. The standard InChI is InChI=1S/C14H21NOS/c1-9-6-4-5-7-13(9)15-14(16)12-8-10(2)17-11(12)3/h8-9,13H,4-7H2,1-3H3,(H,15,16). The molecule has 0 radical (unpaired) electrons. The zero-order chi connectivity index (χ0) is 12.4. The monoisotopic (exact) mass is 251 g/mol. The minimum Gasteiger partial charge on any atom is -0.349 e. The average molecular weight is 251 g/mol. The molecule has 0 aromatic carbocycles. The van der Waals surface area contributed by atoms with Crippen molar-refractivity contribution in [3.63, 3.8) is 0 Å². The van der Waals surface area contributed by atoms with Crippen LogP contribution in [0.5, 0.6) is 0 Å². The van der Waals surface area contributed by atoms with E-state index in [-0.39, 0.29) is 5.91 Å². The van der Waals surface area contributed by atoms with E-state index < -0.39 is 0 Å². The third-order valence-electron chi connectivity index (χ3n) is 3.71. The fourth-order valence-corrected chi connectivity index (χ4v) is 3.55. The molecule has 1 fully saturated rings. The molecule has 1 aromatic heterocycles. The van der Waals surface area contributed by atoms with Gasteiger partial charge in [0.25, 0.3) is 5.91 Å². The summed E-state index contributed by atoms with van der Waals surface area (Å²) in [6, 6.07) is 2.37. The molecular formula is C14H21NOS. The average Bonchev–Trinajstić information content (AvgIpc) is 2.61. The first-order valence-electron chi connectivity index (χ1n) is 6.46. The molecule has 1 aliphatic rings. The summed E-state index contributed by atoms with van der Waals surface area (Å²) in [6.07, 6.45) is 4.93. The molecule has 94 valence electrons. The zero-order valence-corrected chi connectivity index (χ0v) is 11.7. The Hall–Kier alpha value is -0.830. The first-order valence-corrected chi connectivity index (χ1v) is 7.27. The zero-order valence-electron chi connectivity index (χ0n) is 10.9. The molecule has 2 atom stereocenters. The lowest BCUT2D eigenvalue weighted by Crippen LogP contribution is -2.41. The second-order valence-electron chi connectivity index (χ2n) is 5.17. The van der Waals surface area contributed by atoms with E-state index in [0.29, 0.717) is 12.0 Å². The highest BCUT2D eigenvalue weighted by Crippen LogP contribution is 2.25. The van der Waals surface area contributed by atoms with Crippen molar-refractivity contribution in [3.05, 3.63) is 21.4 Å². The minimum absolute atomic E-state index is 0.116. The summed E-state index contributed by atoms with van der Waals surface area (Å²) in [6.45, 7) is 6.32. The highest BCUT2D eigenvalue weighted by atomic mass is 32.1. The topological polar surface area (TPSA) is 29.1 Å². The van der Waals surface area contributed by atoms with Crippen LogP contribution in [0.2, 0.25) is 0 Å². The molecule has 1 heterocycles. The van der Waals surface area contributed by atoms with Crippen molar-refractivity contribution in [2.75, 3.05) is 0 Å². The highest BCUT2D eigenvalue weighted by Gasteiger charge is 2.24. The Kier molecular flexibility index (Phi) is 3.87. The maximum atomic E-state index is 12.2. The van der Waals surface area contributed by atoms with Crippen molar-refractivity contribution in [2.45, 2.75) is 52.5 Å². The lowest BCUT2D eigenvalue weighted by Gasteiger charge is -2.29. The van der Waals surface area contributed by atoms with Gasteiger partial charge >= 0.3 is 0 Å². The van der Waals surface area contributed by atoms with E-state index >= 15 is 0 Å². The largest absolute Gasteiger partial charge is 0.349 e. The van der Waals surface area contributed by atoms with E-state index in [2.05, 4.69) is 19.2 Å². The summed E-state index contributed by atoms with van der Waals surface area (Å²) < 4.78 is 0. The second kappa shape index (κ2) is 5.21. The first kappa shape index (κ1) is 12.6. The van der Waals surface area contributed by atoms with Crippen LogP contribution in [0.15, 0.2) is 6.07 Å². The van der Waals surface area contributed by atoms with Crippen molar-refractivity contribution < 1.29 is 4.79 Å². The van der Waals surface area contributed by atoms with Gasteiger partial charge < -0.3 is 5.32 Å². The van der Waals surface area contributed by atoms with Gasteiger partial charge in [0.1, 0.15) is 0 Å². The Morgan fingerprint density at radius 3 is 2.65 bits per heavy atom. The SMILES string of the molecule is Cc1cc(C(=O)NC2CCCCC2C)c(C)s1. The number of amides is 1. The fraction of sp³-hybridized carbons (Fsp3) is 0.643. The molecule has 1 aliphatic carbocycles. The maximum absolute atomic E-state index is 12.2. The number of carbonyl (C=O) groups excluding carboxylic acids is 1. The van der Waals surface area contributed by atoms with Crippen molar-refractivity contribution >= 4 is 17.2 Å². The minimum atomic E-state index is 0.116. The molecular weight excluding hydrogens is 230 g/mol. The number of carbonyl (C=O) groups is 1. The van der Waals surface area contributed by atoms with E-state index in [1.165, 1.54) is 24.1 Å². The van der Waals surface area contributed by atoms with Gasteiger partial charge in [0.15, 0.2) is 0 Å². The van der Waals surface area contributed by atoms with Gasteiger partial charge in [-0.1, -0.05) is 19.8 Å². The summed E-state index contributed by atoms with van der Waals surface area (Å²) in [5.74, 6) is 0.735. The summed E-state index contributed by atoms with van der Waals surface area (Å²) in [7, 11) is 0. The van der Waals surface area contributed by atoms with E-state index in [0.717, 1.165) is 16.9 Å². The number of hydrogen-bond acceptors (Lipinski definition) is 2. The molecule has 17 heavy (non-hydrogen) atoms. The maximum Gasteiger partial charge on any atom is 0.252 e. The Labute approximate surface area is 107 Å². The van der Waals surface area contributed by atoms with Crippen LogP contribution in [0.3, 0.4) is 0 Å². The van der Waals surface area contributed by atoms with Gasteiger partial charge in [-0.25, -0.2) is 0 Å². The van der Waals surface area contributed by atoms with Crippen LogP contribution in [0.4, 0.5) is 0 Å². The lowest BCUT2D eigenvalue weighted by molar-refractivity contribution is 0.0910. The van der Waals surface area contributed by atoms with Crippen LogP contribution in [0.25, 0.3) is 0 Å². The second-order valence-corrected chi connectivity index (χ2v) is 6.63. The third kappa shape index (κ3) is 2.89. The van der Waals surface area contributed by atoms with Crippen LogP contribution in [0.1, 0.15) is 52.7 Å². The molecule has 2 rings (SSSR count). The Bertz CT molecular complexity index is 410. The van der Waals surface area contributed by atoms with Crippen molar-refractivity contribution in [1.29, 1.82) is 0 Å². The van der Waals surface area contributed by atoms with E-state index in [1.807, 2.05) is 13.0 Å². The van der Waals surface area contributed by atoms with Crippen LogP contribution in [0, 0.1) is 19.8 Å². The van der Waals surface area contributed by atoms with E-state index in [1.54, 1.807) is 11.3 Å². The number of thiophene rings is 1. The van der Waals surface area contributed by atoms with Gasteiger partial charge in [-0.3, -0.25) is 4.79 Å². The van der Waals surface area contributed by atoms with Gasteiger partial charge in [0.2, 0.25) is 0 Å². The highest BCUT2D eigenvalue weighted by molar-refractivity contribution is 7.12. The number of rotatable bonds is 2. The molecule has 3 heteroatoms. The summed E-state index contributed by atoms with van der Waals surface area (Å²) >= 11 is 1.70. The molecule has 0 aliphatic heterocycles. The van der Waals surface area contributed by atoms with Gasteiger partial charge in [-0.2, -0.15) is 0 Å². The molecule has 0 spiro atoms. The van der Waals surface area contributed by atoms with Gasteiger partial charge in [0, 0.05) is 15.8 Å². The first-order chi connectivity index (χ1) is 8.08. The summed E-state index contributed by atoms with van der Waals surface area (Å²) in [5, 5.41) is 3.21. The molecule has 0 bridgehead atoms. The van der Waals surface area contributed by atoms with Gasteiger partial charge in [-0.05, 0) is 38.7 Å². The number of hydrogen-bond donors (Lipinski definition) is 1. The quantitative estimate of drug-likeness (QED) is 0.853. The number of nitrogens with one attached hydrogen (secondary N) is 1. The molecule has 2 unspecified atom stereocenters. The molecule has 2 nitrogen and oxygen atoms in total. The summed E-state index contributed by atoms with van der Waals surface area (Å²) in [4.78, 5) is 14.5. The van der Waals surface area contributed by atoms with Crippen molar-refractivity contribution in [2.24, 2.45) is 5.92 Å². The molecule has 1 saturated carbocycles. The van der Waals surface area contributed by atoms with E-state index in [9.17, 15) is 4.79 Å². The molecule has 1 N–H and O–H groups in total. The van der Waals surface area contributed by atoms with Crippen LogP contribution < -0.4 is 5.32 Å². The van der Waals surface area contributed by atoms with E-state index in [4.69, 9.17) is 0 Å². The Balaban J connectivity index is 2.03. The van der Waals surface area contributed by atoms with Gasteiger partial charge in [0.05, 0.1) is 5.56 Å². The molecule has 0 saturated heterocycles. The Morgan fingerprint density at radius 1 is 1.35 bits per heavy atom. The normalized spacial score (nSPS) is 24.6. The van der Waals surface area contributed by atoms with Gasteiger partial charge in [-0.15, -0.1) is 11.3 Å². The lowest BCUT2D eigenvalue weighted by atomic mass is 9.86. The number of aryl methyl sites for hydroxylation is 2. The Morgan fingerprint density at radius 2 is 2.06 bits per heavy atom. The third-order valence-corrected chi connectivity index (χ3v) is 4.68. The van der Waals surface area contributed by atoms with Crippen LogP contribution in [-0.4, -0.2) is 11.9 Å². The van der Waals surface area contributed by atoms with Crippen LogP contribution in [-0.2, 0) is 0 Å². The van der Waals surface area contributed by atoms with Crippen molar-refractivity contribution in [3.8, 4) is 0 Å². The predicted octanol–water partition coefficient (Wildman–Crippen LogP) is 3.67. The fourth-order valence-electron chi connectivity index (χ4n) is 2.63. The summed E-state index contributed by atoms with van der Waals surface area (Å²) in [5.41, 5.74) is 0.866. The van der Waals surface area contributed by atoms with Crippen molar-refractivity contribution in [1.82, 2.24) is 5.32 Å². The van der Waals surface area contributed by atoms with Crippen LogP contribution >= 0.6 is 11.3 Å². The smallest absolute Gasteiger partial charge is 0.252 e. The predicted molar refractivity (Wildman–Crippen MR) is 72.7 cm³/mol.